The van der Waals surface area contributed by atoms with E-state index < -0.39 is 0 Å². The average Bonchev–Trinajstić information content (AvgIpc) is 2.82. The summed E-state index contributed by atoms with van der Waals surface area (Å²) in [7, 11) is 1.57. The number of rotatable bonds is 7. The Morgan fingerprint density at radius 2 is 1.91 bits per heavy atom. The van der Waals surface area contributed by atoms with Crippen LogP contribution in [0.5, 0.6) is 11.5 Å². The van der Waals surface area contributed by atoms with Crippen LogP contribution in [-0.4, -0.2) is 30.6 Å². The highest BCUT2D eigenvalue weighted by molar-refractivity contribution is 5.94. The molecule has 0 atom stereocenters. The molecule has 0 bridgehead atoms. The molecule has 32 heavy (non-hydrogen) atoms. The third-order valence-electron chi connectivity index (χ3n) is 5.51. The number of nitrogens with one attached hydrogen (secondary N) is 1. The van der Waals surface area contributed by atoms with Gasteiger partial charge in [0, 0.05) is 31.4 Å². The van der Waals surface area contributed by atoms with Gasteiger partial charge in [-0.05, 0) is 61.2 Å². The first-order valence-corrected chi connectivity index (χ1v) is 10.9. The average molecular weight is 432 g/mol. The molecule has 1 aromatic heterocycles. The van der Waals surface area contributed by atoms with Crippen molar-refractivity contribution in [3.05, 3.63) is 83.0 Å². The molecular formula is C26H29N3O3. The topological polar surface area (TPSA) is 63.7 Å². The number of anilines is 1. The van der Waals surface area contributed by atoms with Gasteiger partial charge in [0.1, 0.15) is 5.82 Å². The number of nitrogens with zero attached hydrogens (tertiary/aromatic N) is 2. The smallest absolute Gasteiger partial charge is 0.251 e. The number of carbonyl (C=O) groups is 1. The highest BCUT2D eigenvalue weighted by Crippen LogP contribution is 2.29. The summed E-state index contributed by atoms with van der Waals surface area (Å²) < 4.78 is 11.1. The van der Waals surface area contributed by atoms with Crippen molar-refractivity contribution in [2.24, 2.45) is 0 Å². The van der Waals surface area contributed by atoms with E-state index in [1.54, 1.807) is 25.3 Å². The highest BCUT2D eigenvalue weighted by atomic mass is 16.5. The van der Waals surface area contributed by atoms with Crippen molar-refractivity contribution in [1.29, 1.82) is 0 Å². The Morgan fingerprint density at radius 3 is 2.62 bits per heavy atom. The Balaban J connectivity index is 1.36. The van der Waals surface area contributed by atoms with Gasteiger partial charge in [0.15, 0.2) is 11.5 Å². The number of amides is 1. The predicted octanol–water partition coefficient (Wildman–Crippen LogP) is 4.37. The van der Waals surface area contributed by atoms with Gasteiger partial charge in [0.05, 0.1) is 13.2 Å². The molecular weight excluding hydrogens is 402 g/mol. The molecule has 2 heterocycles. The monoisotopic (exact) mass is 431 g/mol. The van der Waals surface area contributed by atoms with Crippen molar-refractivity contribution >= 4 is 11.7 Å². The second kappa shape index (κ2) is 9.73. The molecule has 0 unspecified atom stereocenters. The van der Waals surface area contributed by atoms with Crippen molar-refractivity contribution in [3.63, 3.8) is 0 Å². The van der Waals surface area contributed by atoms with E-state index >= 15 is 0 Å². The number of hydrogen-bond donors (Lipinski definition) is 1. The Hall–Kier alpha value is -3.54. The molecule has 166 valence electrons. The number of ether oxygens (including phenoxy) is 2. The lowest BCUT2D eigenvalue weighted by Gasteiger charge is -2.29. The third kappa shape index (κ3) is 5.02. The van der Waals surface area contributed by atoms with Crippen LogP contribution < -0.4 is 19.7 Å². The molecule has 1 aliphatic heterocycles. The summed E-state index contributed by atoms with van der Waals surface area (Å²) >= 11 is 0. The number of aromatic nitrogens is 1. The summed E-state index contributed by atoms with van der Waals surface area (Å²) in [6.07, 6.45) is 2.88. The maximum atomic E-state index is 12.6. The van der Waals surface area contributed by atoms with Crippen LogP contribution in [0.25, 0.3) is 0 Å². The van der Waals surface area contributed by atoms with E-state index in [0.29, 0.717) is 23.6 Å². The summed E-state index contributed by atoms with van der Waals surface area (Å²) in [5.41, 5.74) is 4.25. The Labute approximate surface area is 189 Å². The van der Waals surface area contributed by atoms with Gasteiger partial charge in [-0.15, -0.1) is 0 Å². The van der Waals surface area contributed by atoms with Crippen LogP contribution in [0.3, 0.4) is 0 Å². The Morgan fingerprint density at radius 1 is 1.09 bits per heavy atom. The Bertz CT molecular complexity index is 1080. The lowest BCUT2D eigenvalue weighted by molar-refractivity contribution is 0.0950. The molecule has 0 spiro atoms. The molecule has 2 aromatic carbocycles. The van der Waals surface area contributed by atoms with Gasteiger partial charge < -0.3 is 19.7 Å². The van der Waals surface area contributed by atoms with Crippen molar-refractivity contribution in [1.82, 2.24) is 10.3 Å². The number of fused-ring (bicyclic) bond motifs is 1. The quantitative estimate of drug-likeness (QED) is 0.602. The van der Waals surface area contributed by atoms with Crippen LogP contribution >= 0.6 is 0 Å². The van der Waals surface area contributed by atoms with E-state index in [2.05, 4.69) is 39.5 Å². The maximum Gasteiger partial charge on any atom is 0.251 e. The van der Waals surface area contributed by atoms with E-state index in [1.807, 2.05) is 32.2 Å². The molecule has 1 N–H and O–H groups in total. The number of methoxy groups -OCH3 is 1. The molecule has 1 amide bonds. The van der Waals surface area contributed by atoms with Crippen LogP contribution in [0.1, 0.15) is 40.9 Å². The van der Waals surface area contributed by atoms with Crippen LogP contribution in [0.2, 0.25) is 0 Å². The molecule has 1 aliphatic rings. The van der Waals surface area contributed by atoms with E-state index in [0.717, 1.165) is 30.9 Å². The molecule has 3 aromatic rings. The van der Waals surface area contributed by atoms with Crippen molar-refractivity contribution in [2.45, 2.75) is 39.5 Å². The van der Waals surface area contributed by atoms with E-state index in [-0.39, 0.29) is 12.0 Å². The normalized spacial score (nSPS) is 12.9. The SMILES string of the molecule is COc1cc(C(=O)NCc2ccc(N3CCc4ccccc4C3)nc2)ccc1OC(C)C. The van der Waals surface area contributed by atoms with Crippen molar-refractivity contribution < 1.29 is 14.3 Å². The second-order valence-corrected chi connectivity index (χ2v) is 8.18. The summed E-state index contributed by atoms with van der Waals surface area (Å²) in [5, 5.41) is 2.95. The van der Waals surface area contributed by atoms with Crippen LogP contribution in [0.15, 0.2) is 60.8 Å². The maximum absolute atomic E-state index is 12.6. The number of hydrogen-bond acceptors (Lipinski definition) is 5. The van der Waals surface area contributed by atoms with Crippen LogP contribution in [0, 0.1) is 0 Å². The summed E-state index contributed by atoms with van der Waals surface area (Å²) in [4.78, 5) is 19.5. The zero-order chi connectivity index (χ0) is 22.5. The van der Waals surface area contributed by atoms with Crippen molar-refractivity contribution in [3.8, 4) is 11.5 Å². The van der Waals surface area contributed by atoms with E-state index in [9.17, 15) is 4.79 Å². The highest BCUT2D eigenvalue weighted by Gasteiger charge is 2.17. The van der Waals surface area contributed by atoms with Crippen LogP contribution in [-0.2, 0) is 19.5 Å². The van der Waals surface area contributed by atoms with E-state index in [4.69, 9.17) is 9.47 Å². The zero-order valence-corrected chi connectivity index (χ0v) is 18.8. The molecule has 0 saturated heterocycles. The third-order valence-corrected chi connectivity index (χ3v) is 5.51. The Kier molecular flexibility index (Phi) is 6.59. The van der Waals surface area contributed by atoms with Crippen LogP contribution in [0.4, 0.5) is 5.82 Å². The first-order valence-electron chi connectivity index (χ1n) is 10.9. The van der Waals surface area contributed by atoms with E-state index in [1.165, 1.54) is 11.1 Å². The van der Waals surface area contributed by atoms with Gasteiger partial charge in [-0.2, -0.15) is 0 Å². The fourth-order valence-corrected chi connectivity index (χ4v) is 3.84. The molecule has 4 rings (SSSR count). The molecule has 6 heteroatoms. The molecule has 6 nitrogen and oxygen atoms in total. The fourth-order valence-electron chi connectivity index (χ4n) is 3.84. The van der Waals surface area contributed by atoms with Crippen molar-refractivity contribution in [2.75, 3.05) is 18.6 Å². The van der Waals surface area contributed by atoms with Gasteiger partial charge in [0.25, 0.3) is 5.91 Å². The first kappa shape index (κ1) is 21.7. The van der Waals surface area contributed by atoms with Gasteiger partial charge in [-0.25, -0.2) is 4.98 Å². The number of carbonyl (C=O) groups excluding carboxylic acids is 1. The van der Waals surface area contributed by atoms with Gasteiger partial charge >= 0.3 is 0 Å². The number of pyridine rings is 1. The summed E-state index contributed by atoms with van der Waals surface area (Å²) in [5.74, 6) is 1.95. The fraction of sp³-hybridized carbons (Fsp3) is 0.308. The first-order chi connectivity index (χ1) is 15.5. The molecule has 0 aliphatic carbocycles. The largest absolute Gasteiger partial charge is 0.493 e. The van der Waals surface area contributed by atoms with Gasteiger partial charge in [0.2, 0.25) is 0 Å². The standard InChI is InChI=1S/C26H29N3O3/c1-18(2)32-23-10-9-21(14-24(23)31-3)26(30)28-16-19-8-11-25(27-15-19)29-13-12-20-6-4-5-7-22(20)17-29/h4-11,14-15,18H,12-13,16-17H2,1-3H3,(H,28,30). The predicted molar refractivity (Wildman–Crippen MR) is 125 cm³/mol. The van der Waals surface area contributed by atoms with Gasteiger partial charge in [-0.3, -0.25) is 4.79 Å². The minimum absolute atomic E-state index is 0.0266. The minimum atomic E-state index is -0.170. The van der Waals surface area contributed by atoms with Gasteiger partial charge in [-0.1, -0.05) is 30.3 Å². The zero-order valence-electron chi connectivity index (χ0n) is 18.8. The minimum Gasteiger partial charge on any atom is -0.493 e. The summed E-state index contributed by atoms with van der Waals surface area (Å²) in [6.45, 7) is 6.13. The lowest BCUT2D eigenvalue weighted by Crippen LogP contribution is -2.31. The second-order valence-electron chi connectivity index (χ2n) is 8.18. The molecule has 0 fully saturated rings. The molecule has 0 saturated carbocycles. The molecule has 0 radical (unpaired) electrons. The number of benzene rings is 2. The lowest BCUT2D eigenvalue weighted by atomic mass is 10.00. The summed E-state index contributed by atoms with van der Waals surface area (Å²) in [6, 6.07) is 17.8.